The summed E-state index contributed by atoms with van der Waals surface area (Å²) in [5.74, 6) is -0.202. The van der Waals surface area contributed by atoms with Gasteiger partial charge in [0.1, 0.15) is 5.00 Å². The zero-order valence-electron chi connectivity index (χ0n) is 19.3. The maximum atomic E-state index is 12.8. The number of hydrogen-bond acceptors (Lipinski definition) is 6. The van der Waals surface area contributed by atoms with Gasteiger partial charge in [0.05, 0.1) is 18.2 Å². The number of hydrogen-bond donors (Lipinski definition) is 2. The highest BCUT2D eigenvalue weighted by Crippen LogP contribution is 2.40. The van der Waals surface area contributed by atoms with Crippen molar-refractivity contribution in [1.82, 2.24) is 4.90 Å². The second kappa shape index (κ2) is 10.2. The molecule has 1 aromatic heterocycles. The molecule has 0 bridgehead atoms. The molecule has 0 aliphatic heterocycles. The van der Waals surface area contributed by atoms with Gasteiger partial charge in [-0.15, -0.1) is 11.3 Å². The molecule has 0 radical (unpaired) electrons. The number of ether oxygens (including phenoxy) is 1. The number of thiophene rings is 1. The normalized spacial score (nSPS) is 15.1. The van der Waals surface area contributed by atoms with Crippen molar-refractivity contribution in [3.63, 3.8) is 0 Å². The third-order valence-electron chi connectivity index (χ3n) is 5.28. The predicted molar refractivity (Wildman–Crippen MR) is 128 cm³/mol. The molecule has 1 aromatic carbocycles. The van der Waals surface area contributed by atoms with Crippen LogP contribution in [0.1, 0.15) is 58.3 Å². The molecule has 1 unspecified atom stereocenters. The molecular weight excluding hydrogens is 426 g/mol. The van der Waals surface area contributed by atoms with E-state index >= 15 is 0 Å². The minimum absolute atomic E-state index is 0.0112. The highest BCUT2D eigenvalue weighted by Gasteiger charge is 2.29. The van der Waals surface area contributed by atoms with Crippen LogP contribution in [-0.4, -0.2) is 49.4 Å². The minimum atomic E-state index is -0.384. The molecule has 0 fully saturated rings. The van der Waals surface area contributed by atoms with Crippen molar-refractivity contribution in [3.8, 4) is 0 Å². The Morgan fingerprint density at radius 3 is 2.69 bits per heavy atom. The number of benzene rings is 1. The number of fused-ring (bicyclic) bond motifs is 1. The standard InChI is InChI=1S/C24H31N3O4S/c1-14(2)31-24(30)21-18-10-9-15(3)11-19(18)32-22(21)26-20(28)13-25-17-8-6-7-16(12-17)23(29)27(4)5/h6-8,12,14-15,25H,9-11,13H2,1-5H3,(H,26,28). The molecule has 2 aromatic rings. The molecule has 32 heavy (non-hydrogen) atoms. The van der Waals surface area contributed by atoms with Gasteiger partial charge >= 0.3 is 5.97 Å². The third kappa shape index (κ3) is 5.68. The molecule has 1 heterocycles. The van der Waals surface area contributed by atoms with Crippen molar-refractivity contribution in [2.75, 3.05) is 31.3 Å². The average molecular weight is 458 g/mol. The fourth-order valence-corrected chi connectivity index (χ4v) is 5.12. The predicted octanol–water partition coefficient (Wildman–Crippen LogP) is 4.19. The Kier molecular flexibility index (Phi) is 7.56. The molecule has 7 nitrogen and oxygen atoms in total. The lowest BCUT2D eigenvalue weighted by Gasteiger charge is -2.19. The van der Waals surface area contributed by atoms with E-state index < -0.39 is 0 Å². The van der Waals surface area contributed by atoms with Gasteiger partial charge in [0.25, 0.3) is 5.91 Å². The second-order valence-corrected chi connectivity index (χ2v) is 9.80. The highest BCUT2D eigenvalue weighted by molar-refractivity contribution is 7.17. The molecule has 2 N–H and O–H groups in total. The summed E-state index contributed by atoms with van der Waals surface area (Å²) in [6, 6.07) is 7.02. The van der Waals surface area contributed by atoms with Gasteiger partial charge in [0.2, 0.25) is 5.91 Å². The fourth-order valence-electron chi connectivity index (χ4n) is 3.70. The van der Waals surface area contributed by atoms with Gasteiger partial charge in [0, 0.05) is 30.2 Å². The van der Waals surface area contributed by atoms with Crippen LogP contribution in [0.5, 0.6) is 0 Å². The summed E-state index contributed by atoms with van der Waals surface area (Å²) < 4.78 is 5.46. The van der Waals surface area contributed by atoms with Gasteiger partial charge in [-0.05, 0) is 62.8 Å². The van der Waals surface area contributed by atoms with Gasteiger partial charge in [-0.3, -0.25) is 9.59 Å². The first-order valence-corrected chi connectivity index (χ1v) is 11.7. The summed E-state index contributed by atoms with van der Waals surface area (Å²) in [6.45, 7) is 5.84. The Morgan fingerprint density at radius 2 is 2.00 bits per heavy atom. The number of nitrogens with one attached hydrogen (secondary N) is 2. The molecule has 1 atom stereocenters. The zero-order valence-corrected chi connectivity index (χ0v) is 20.1. The van der Waals surface area contributed by atoms with Crippen LogP contribution in [-0.2, 0) is 22.4 Å². The number of carbonyl (C=O) groups is 3. The largest absolute Gasteiger partial charge is 0.459 e. The Labute approximate surface area is 193 Å². The topological polar surface area (TPSA) is 87.7 Å². The summed E-state index contributed by atoms with van der Waals surface area (Å²) in [5.41, 5.74) is 2.72. The second-order valence-electron chi connectivity index (χ2n) is 8.69. The van der Waals surface area contributed by atoms with Gasteiger partial charge in [-0.25, -0.2) is 4.79 Å². The molecule has 1 aliphatic rings. The summed E-state index contributed by atoms with van der Waals surface area (Å²) in [6.07, 6.45) is 2.50. The first kappa shape index (κ1) is 23.8. The van der Waals surface area contributed by atoms with Crippen molar-refractivity contribution in [3.05, 3.63) is 45.8 Å². The van der Waals surface area contributed by atoms with Crippen molar-refractivity contribution in [1.29, 1.82) is 0 Å². The minimum Gasteiger partial charge on any atom is -0.459 e. The van der Waals surface area contributed by atoms with E-state index in [2.05, 4.69) is 17.6 Å². The zero-order chi connectivity index (χ0) is 23.4. The molecule has 0 saturated carbocycles. The first-order valence-electron chi connectivity index (χ1n) is 10.9. The third-order valence-corrected chi connectivity index (χ3v) is 6.45. The monoisotopic (exact) mass is 457 g/mol. The molecule has 0 spiro atoms. The van der Waals surface area contributed by atoms with E-state index in [1.807, 2.05) is 13.8 Å². The Bertz CT molecular complexity index is 1010. The molecule has 172 valence electrons. The quantitative estimate of drug-likeness (QED) is 0.609. The van der Waals surface area contributed by atoms with Crippen LogP contribution in [0.2, 0.25) is 0 Å². The Hall–Kier alpha value is -2.87. The van der Waals surface area contributed by atoms with Gasteiger partial charge in [-0.1, -0.05) is 13.0 Å². The van der Waals surface area contributed by atoms with Gasteiger partial charge in [-0.2, -0.15) is 0 Å². The van der Waals surface area contributed by atoms with E-state index in [9.17, 15) is 14.4 Å². The van der Waals surface area contributed by atoms with Crippen LogP contribution in [0, 0.1) is 5.92 Å². The van der Waals surface area contributed by atoms with Crippen LogP contribution < -0.4 is 10.6 Å². The van der Waals surface area contributed by atoms with E-state index in [0.29, 0.717) is 27.7 Å². The van der Waals surface area contributed by atoms with E-state index in [1.165, 1.54) is 16.2 Å². The lowest BCUT2D eigenvalue weighted by molar-refractivity contribution is -0.114. The maximum Gasteiger partial charge on any atom is 0.341 e. The molecule has 3 rings (SSSR count). The lowest BCUT2D eigenvalue weighted by Crippen LogP contribution is -2.24. The summed E-state index contributed by atoms with van der Waals surface area (Å²) >= 11 is 1.47. The molecule has 1 aliphatic carbocycles. The smallest absolute Gasteiger partial charge is 0.341 e. The van der Waals surface area contributed by atoms with Crippen molar-refractivity contribution in [2.24, 2.45) is 5.92 Å². The van der Waals surface area contributed by atoms with E-state index in [4.69, 9.17) is 4.74 Å². The number of amides is 2. The van der Waals surface area contributed by atoms with Crippen LogP contribution in [0.3, 0.4) is 0 Å². The molecule has 8 heteroatoms. The summed E-state index contributed by atoms with van der Waals surface area (Å²) in [4.78, 5) is 40.3. The number of esters is 1. The number of nitrogens with zero attached hydrogens (tertiary/aromatic N) is 1. The van der Waals surface area contributed by atoms with E-state index in [-0.39, 0.29) is 30.4 Å². The first-order chi connectivity index (χ1) is 15.2. The number of anilines is 2. The van der Waals surface area contributed by atoms with Crippen LogP contribution in [0.25, 0.3) is 0 Å². The molecular formula is C24H31N3O4S. The van der Waals surface area contributed by atoms with Gasteiger partial charge < -0.3 is 20.3 Å². The SMILES string of the molecule is CC1CCc2c(sc(NC(=O)CNc3cccc(C(=O)N(C)C)c3)c2C(=O)OC(C)C)C1. The van der Waals surface area contributed by atoms with Crippen molar-refractivity contribution in [2.45, 2.75) is 46.1 Å². The van der Waals surface area contributed by atoms with Crippen molar-refractivity contribution < 1.29 is 19.1 Å². The van der Waals surface area contributed by atoms with E-state index in [1.54, 1.807) is 38.4 Å². The lowest BCUT2D eigenvalue weighted by atomic mass is 9.88. The van der Waals surface area contributed by atoms with Crippen molar-refractivity contribution >= 4 is 39.8 Å². The molecule has 0 saturated heterocycles. The number of carbonyl (C=O) groups excluding carboxylic acids is 3. The maximum absolute atomic E-state index is 12.8. The average Bonchev–Trinajstić information content (AvgIpc) is 3.08. The Morgan fingerprint density at radius 1 is 1.25 bits per heavy atom. The van der Waals surface area contributed by atoms with Crippen LogP contribution in [0.15, 0.2) is 24.3 Å². The molecule has 2 amide bonds. The van der Waals surface area contributed by atoms with Crippen LogP contribution in [0.4, 0.5) is 10.7 Å². The summed E-state index contributed by atoms with van der Waals surface area (Å²) in [7, 11) is 3.39. The van der Waals surface area contributed by atoms with E-state index in [0.717, 1.165) is 29.7 Å². The Balaban J connectivity index is 1.73. The van der Waals surface area contributed by atoms with Gasteiger partial charge in [0.15, 0.2) is 0 Å². The highest BCUT2D eigenvalue weighted by atomic mass is 32.1. The van der Waals surface area contributed by atoms with Crippen LogP contribution >= 0.6 is 11.3 Å². The number of rotatable bonds is 7. The fraction of sp³-hybridized carbons (Fsp3) is 0.458. The summed E-state index contributed by atoms with van der Waals surface area (Å²) in [5, 5.41) is 6.51.